The maximum atomic E-state index is 14.3. The Morgan fingerprint density at radius 1 is 0.969 bits per heavy atom. The second-order valence-electron chi connectivity index (χ2n) is 7.97. The summed E-state index contributed by atoms with van der Waals surface area (Å²) in [6.45, 7) is 2.52. The van der Waals surface area contributed by atoms with Gasteiger partial charge in [-0.25, -0.2) is 9.18 Å². The average molecular weight is 426 g/mol. The molecule has 0 fully saturated rings. The maximum absolute atomic E-state index is 14.3. The first-order chi connectivity index (χ1) is 15.7. The number of para-hydroxylation sites is 2. The minimum atomic E-state index is -0.455. The summed E-state index contributed by atoms with van der Waals surface area (Å²) in [5.74, 6) is -0.455. The normalized spacial score (nSPS) is 14.9. The summed E-state index contributed by atoms with van der Waals surface area (Å²) in [4.78, 5) is 15.3. The molecule has 3 aromatic carbocycles. The molecule has 1 atom stereocenters. The molecule has 0 saturated carbocycles. The first-order valence-electron chi connectivity index (χ1n) is 10.8. The highest BCUT2D eigenvalue weighted by Gasteiger charge is 2.33. The quantitative estimate of drug-likeness (QED) is 0.410. The lowest BCUT2D eigenvalue weighted by molar-refractivity contribution is 0.194. The minimum absolute atomic E-state index is 0.172. The Labute approximate surface area is 186 Å². The molecule has 0 spiro atoms. The zero-order chi connectivity index (χ0) is 22.1. The average Bonchev–Trinajstić information content (AvgIpc) is 3.25. The fraction of sp³-hybridized carbons (Fsp3) is 0.148. The van der Waals surface area contributed by atoms with Gasteiger partial charge in [0.15, 0.2) is 0 Å². The summed E-state index contributed by atoms with van der Waals surface area (Å²) in [6.07, 6.45) is 2.98. The highest BCUT2D eigenvalue weighted by atomic mass is 19.1. The Hall–Kier alpha value is -3.86. The van der Waals surface area contributed by atoms with Crippen LogP contribution in [0.3, 0.4) is 0 Å². The van der Waals surface area contributed by atoms with Crippen LogP contribution in [0.5, 0.6) is 0 Å². The molecule has 2 amide bonds. The van der Waals surface area contributed by atoms with Gasteiger partial charge in [0.1, 0.15) is 5.82 Å². The van der Waals surface area contributed by atoms with Crippen LogP contribution in [0.25, 0.3) is 5.69 Å². The lowest BCUT2D eigenvalue weighted by Crippen LogP contribution is -2.38. The molecule has 160 valence electrons. The van der Waals surface area contributed by atoms with Crippen molar-refractivity contribution in [3.63, 3.8) is 0 Å². The van der Waals surface area contributed by atoms with Crippen LogP contribution in [0.15, 0.2) is 91.1 Å². The number of hydrogen-bond donors (Lipinski definition) is 1. The molecule has 1 aliphatic rings. The lowest BCUT2D eigenvalue weighted by atomic mass is 10.00. The summed E-state index contributed by atoms with van der Waals surface area (Å²) >= 11 is 0. The number of aromatic nitrogens is 1. The van der Waals surface area contributed by atoms with E-state index in [1.165, 1.54) is 11.6 Å². The highest BCUT2D eigenvalue weighted by molar-refractivity contribution is 5.90. The summed E-state index contributed by atoms with van der Waals surface area (Å²) in [7, 11) is 0. The summed E-state index contributed by atoms with van der Waals surface area (Å²) in [6, 6.07) is 26.1. The van der Waals surface area contributed by atoms with Crippen LogP contribution in [-0.2, 0) is 13.0 Å². The molecular weight excluding hydrogens is 401 g/mol. The van der Waals surface area contributed by atoms with Crippen molar-refractivity contribution in [2.45, 2.75) is 25.9 Å². The molecule has 4 nitrogen and oxygen atoms in total. The van der Waals surface area contributed by atoms with Gasteiger partial charge in [-0.05, 0) is 53.4 Å². The van der Waals surface area contributed by atoms with Crippen molar-refractivity contribution in [2.75, 3.05) is 5.32 Å². The number of aryl methyl sites for hydroxylation is 1. The van der Waals surface area contributed by atoms with E-state index in [0.717, 1.165) is 28.9 Å². The van der Waals surface area contributed by atoms with E-state index in [2.05, 4.69) is 47.1 Å². The van der Waals surface area contributed by atoms with Gasteiger partial charge in [0.05, 0.1) is 24.0 Å². The fourth-order valence-corrected chi connectivity index (χ4v) is 4.38. The fourth-order valence-electron chi connectivity index (χ4n) is 4.38. The molecule has 0 aliphatic carbocycles. The van der Waals surface area contributed by atoms with Crippen molar-refractivity contribution in [3.05, 3.63) is 119 Å². The number of halogens is 1. The summed E-state index contributed by atoms with van der Waals surface area (Å²) in [5, 5.41) is 2.79. The van der Waals surface area contributed by atoms with Gasteiger partial charge in [-0.3, -0.25) is 0 Å². The van der Waals surface area contributed by atoms with Crippen molar-refractivity contribution in [1.29, 1.82) is 0 Å². The Morgan fingerprint density at radius 3 is 2.50 bits per heavy atom. The van der Waals surface area contributed by atoms with E-state index in [0.29, 0.717) is 6.54 Å². The zero-order valence-electron chi connectivity index (χ0n) is 17.8. The van der Waals surface area contributed by atoms with Gasteiger partial charge < -0.3 is 14.8 Å². The second-order valence-corrected chi connectivity index (χ2v) is 7.97. The van der Waals surface area contributed by atoms with E-state index in [1.54, 1.807) is 23.1 Å². The number of fused-ring (bicyclic) bond motifs is 3. The smallest absolute Gasteiger partial charge is 0.318 e. The van der Waals surface area contributed by atoms with Crippen LogP contribution >= 0.6 is 0 Å². The number of benzene rings is 3. The first-order valence-corrected chi connectivity index (χ1v) is 10.8. The van der Waals surface area contributed by atoms with Crippen molar-refractivity contribution in [1.82, 2.24) is 9.47 Å². The molecule has 1 aliphatic heterocycles. The van der Waals surface area contributed by atoms with Crippen LogP contribution < -0.4 is 5.32 Å². The van der Waals surface area contributed by atoms with Crippen LogP contribution in [-0.4, -0.2) is 15.5 Å². The molecule has 5 rings (SSSR count). The van der Waals surface area contributed by atoms with Crippen molar-refractivity contribution >= 4 is 11.7 Å². The van der Waals surface area contributed by atoms with Gasteiger partial charge in [0.25, 0.3) is 0 Å². The number of anilines is 1. The predicted octanol–water partition coefficient (Wildman–Crippen LogP) is 6.32. The van der Waals surface area contributed by atoms with E-state index in [4.69, 9.17) is 0 Å². The maximum Gasteiger partial charge on any atom is 0.323 e. The molecular formula is C27H24FN3O. The van der Waals surface area contributed by atoms with Gasteiger partial charge in [-0.2, -0.15) is 0 Å². The second kappa shape index (κ2) is 8.35. The molecule has 1 aromatic heterocycles. The largest absolute Gasteiger partial charge is 0.323 e. The van der Waals surface area contributed by atoms with E-state index < -0.39 is 5.82 Å². The molecule has 4 aromatic rings. The zero-order valence-corrected chi connectivity index (χ0v) is 17.8. The van der Waals surface area contributed by atoms with E-state index in [9.17, 15) is 9.18 Å². The van der Waals surface area contributed by atoms with Crippen LogP contribution in [0.1, 0.15) is 35.3 Å². The lowest BCUT2D eigenvalue weighted by Gasteiger charge is -2.31. The molecule has 1 unspecified atom stereocenters. The third-order valence-corrected chi connectivity index (χ3v) is 6.04. The number of urea groups is 1. The summed E-state index contributed by atoms with van der Waals surface area (Å²) < 4.78 is 16.4. The molecule has 1 N–H and O–H groups in total. The van der Waals surface area contributed by atoms with Gasteiger partial charge in [-0.1, -0.05) is 61.5 Å². The molecule has 0 saturated heterocycles. The number of hydrogen-bond acceptors (Lipinski definition) is 1. The van der Waals surface area contributed by atoms with Crippen LogP contribution in [0.4, 0.5) is 14.9 Å². The van der Waals surface area contributed by atoms with Crippen molar-refractivity contribution in [3.8, 4) is 5.69 Å². The molecule has 5 heteroatoms. The first kappa shape index (κ1) is 20.1. The summed E-state index contributed by atoms with van der Waals surface area (Å²) in [5.41, 5.74) is 5.49. The van der Waals surface area contributed by atoms with Gasteiger partial charge in [-0.15, -0.1) is 0 Å². The third-order valence-electron chi connectivity index (χ3n) is 6.04. The predicted molar refractivity (Wildman–Crippen MR) is 124 cm³/mol. The number of amides is 2. The number of rotatable bonds is 3. The number of carbonyl (C=O) groups is 1. The third kappa shape index (κ3) is 3.56. The van der Waals surface area contributed by atoms with Gasteiger partial charge in [0.2, 0.25) is 0 Å². The van der Waals surface area contributed by atoms with Crippen LogP contribution in [0, 0.1) is 5.82 Å². The monoisotopic (exact) mass is 425 g/mol. The van der Waals surface area contributed by atoms with Crippen molar-refractivity contribution in [2.24, 2.45) is 0 Å². The van der Waals surface area contributed by atoms with Gasteiger partial charge in [0, 0.05) is 11.9 Å². The SMILES string of the molecule is CCc1ccc(C2c3cccn3-c3ccccc3CN2C(=O)Nc2ccccc2F)cc1. The molecule has 2 heterocycles. The number of nitrogens with one attached hydrogen (secondary N) is 1. The standard InChI is InChI=1S/C27H24FN3O/c1-2-19-13-15-20(16-14-19)26-25-12-7-17-30(25)24-11-6-3-8-21(24)18-31(26)27(32)29-23-10-5-4-9-22(23)28/h3-17,26H,2,18H2,1H3,(H,29,32). The van der Waals surface area contributed by atoms with Crippen molar-refractivity contribution < 1.29 is 9.18 Å². The van der Waals surface area contributed by atoms with E-state index >= 15 is 0 Å². The molecule has 0 bridgehead atoms. The van der Waals surface area contributed by atoms with E-state index in [1.807, 2.05) is 36.5 Å². The highest BCUT2D eigenvalue weighted by Crippen LogP contribution is 2.37. The Bertz CT molecular complexity index is 1260. The molecule has 32 heavy (non-hydrogen) atoms. The Morgan fingerprint density at radius 2 is 1.72 bits per heavy atom. The Balaban J connectivity index is 1.63. The van der Waals surface area contributed by atoms with Gasteiger partial charge >= 0.3 is 6.03 Å². The number of carbonyl (C=O) groups excluding carboxylic acids is 1. The number of nitrogens with zero attached hydrogens (tertiary/aromatic N) is 2. The minimum Gasteiger partial charge on any atom is -0.318 e. The topological polar surface area (TPSA) is 37.3 Å². The van der Waals surface area contributed by atoms with Crippen LogP contribution in [0.2, 0.25) is 0 Å². The Kier molecular flexibility index (Phi) is 5.23. The van der Waals surface area contributed by atoms with E-state index in [-0.39, 0.29) is 17.8 Å². The molecule has 0 radical (unpaired) electrons.